The smallest absolute Gasteiger partial charge is 0.0775 e. The van der Waals surface area contributed by atoms with Gasteiger partial charge in [-0.3, -0.25) is 4.90 Å². The lowest BCUT2D eigenvalue weighted by Gasteiger charge is -2.45. The molecule has 3 aromatic rings. The van der Waals surface area contributed by atoms with E-state index in [9.17, 15) is 5.11 Å². The summed E-state index contributed by atoms with van der Waals surface area (Å²) in [4.78, 5) is 2.53. The van der Waals surface area contributed by atoms with Gasteiger partial charge in [-0.15, -0.1) is 0 Å². The highest BCUT2D eigenvalue weighted by Gasteiger charge is 2.35. The molecule has 0 radical (unpaired) electrons. The molecule has 2 unspecified atom stereocenters. The first-order chi connectivity index (χ1) is 14.4. The Labute approximate surface area is 180 Å². The van der Waals surface area contributed by atoms with Crippen LogP contribution in [0.2, 0.25) is 0 Å². The summed E-state index contributed by atoms with van der Waals surface area (Å²) in [7, 11) is 0. The third-order valence-corrected chi connectivity index (χ3v) is 6.35. The number of piperidine rings is 1. The minimum Gasteiger partial charge on any atom is -0.392 e. The molecule has 1 aliphatic heterocycles. The number of aliphatic hydroxyl groups excluding tert-OH is 1. The Bertz CT molecular complexity index is 991. The first kappa shape index (κ1) is 21.0. The van der Waals surface area contributed by atoms with Gasteiger partial charge < -0.3 is 9.84 Å². The molecular weight excluding hydrogens is 370 g/mol. The van der Waals surface area contributed by atoms with Gasteiger partial charge in [0.1, 0.15) is 0 Å². The van der Waals surface area contributed by atoms with Crippen LogP contribution in [0.3, 0.4) is 0 Å². The Morgan fingerprint density at radius 1 is 0.933 bits per heavy atom. The zero-order valence-corrected chi connectivity index (χ0v) is 18.3. The van der Waals surface area contributed by atoms with Crippen LogP contribution in [0.15, 0.2) is 66.7 Å². The van der Waals surface area contributed by atoms with Crippen molar-refractivity contribution in [3.05, 3.63) is 83.4 Å². The number of rotatable bonds is 5. The van der Waals surface area contributed by atoms with Crippen LogP contribution >= 0.6 is 0 Å². The van der Waals surface area contributed by atoms with E-state index in [4.69, 9.17) is 4.74 Å². The van der Waals surface area contributed by atoms with Crippen LogP contribution in [-0.4, -0.2) is 34.7 Å². The van der Waals surface area contributed by atoms with Crippen LogP contribution in [0, 0.1) is 0 Å². The van der Waals surface area contributed by atoms with Crippen molar-refractivity contribution in [1.29, 1.82) is 0 Å². The van der Waals surface area contributed by atoms with Gasteiger partial charge in [0.25, 0.3) is 0 Å². The Hall–Kier alpha value is -2.20. The maximum Gasteiger partial charge on any atom is 0.0775 e. The fourth-order valence-electron chi connectivity index (χ4n) is 4.53. The lowest BCUT2D eigenvalue weighted by molar-refractivity contribution is -0.0466. The highest BCUT2D eigenvalue weighted by atomic mass is 16.5. The molecule has 0 spiro atoms. The molecule has 1 aliphatic rings. The molecule has 30 heavy (non-hydrogen) atoms. The summed E-state index contributed by atoms with van der Waals surface area (Å²) in [5, 5.41) is 12.1. The summed E-state index contributed by atoms with van der Waals surface area (Å²) >= 11 is 0. The Morgan fingerprint density at radius 3 is 2.50 bits per heavy atom. The molecule has 4 rings (SSSR count). The number of ether oxygens (including phenoxy) is 1. The van der Waals surface area contributed by atoms with Crippen molar-refractivity contribution in [2.75, 3.05) is 13.1 Å². The van der Waals surface area contributed by atoms with Crippen LogP contribution < -0.4 is 0 Å². The van der Waals surface area contributed by atoms with Crippen molar-refractivity contribution in [1.82, 2.24) is 4.90 Å². The van der Waals surface area contributed by atoms with Crippen molar-refractivity contribution in [3.63, 3.8) is 0 Å². The molecule has 3 heteroatoms. The van der Waals surface area contributed by atoms with Gasteiger partial charge in [-0.25, -0.2) is 0 Å². The molecule has 1 fully saturated rings. The fraction of sp³-hybridized carbons (Fsp3) is 0.407. The Balaban J connectivity index is 1.55. The van der Waals surface area contributed by atoms with Gasteiger partial charge in [-0.05, 0) is 67.3 Å². The van der Waals surface area contributed by atoms with Crippen LogP contribution in [0.25, 0.3) is 10.8 Å². The molecule has 0 aliphatic carbocycles. The number of hydrogen-bond donors (Lipinski definition) is 1. The average Bonchev–Trinajstić information content (AvgIpc) is 2.76. The molecule has 158 valence electrons. The van der Waals surface area contributed by atoms with E-state index in [0.717, 1.165) is 25.1 Å². The van der Waals surface area contributed by atoms with Crippen molar-refractivity contribution in [3.8, 4) is 0 Å². The van der Waals surface area contributed by atoms with E-state index in [0.29, 0.717) is 12.5 Å². The molecule has 2 atom stereocenters. The highest BCUT2D eigenvalue weighted by Crippen LogP contribution is 2.34. The normalized spacial score (nSPS) is 20.5. The van der Waals surface area contributed by atoms with E-state index in [1.54, 1.807) is 0 Å². The lowest BCUT2D eigenvalue weighted by atomic mass is 9.84. The van der Waals surface area contributed by atoms with E-state index in [1.807, 2.05) is 6.07 Å². The maximum atomic E-state index is 9.57. The minimum atomic E-state index is 0.0806. The van der Waals surface area contributed by atoms with Crippen LogP contribution in [0.4, 0.5) is 0 Å². The predicted octanol–water partition coefficient (Wildman–Crippen LogP) is 5.51. The molecule has 1 saturated heterocycles. The van der Waals surface area contributed by atoms with Gasteiger partial charge in [0.05, 0.1) is 19.3 Å². The second kappa shape index (κ2) is 8.89. The van der Waals surface area contributed by atoms with Crippen LogP contribution in [0.5, 0.6) is 0 Å². The topological polar surface area (TPSA) is 32.7 Å². The summed E-state index contributed by atoms with van der Waals surface area (Å²) in [6, 6.07) is 23.4. The second-order valence-electron chi connectivity index (χ2n) is 9.45. The molecule has 1 N–H and O–H groups in total. The van der Waals surface area contributed by atoms with E-state index >= 15 is 0 Å². The zero-order valence-electron chi connectivity index (χ0n) is 18.3. The van der Waals surface area contributed by atoms with E-state index in [1.165, 1.54) is 21.9 Å². The van der Waals surface area contributed by atoms with Gasteiger partial charge in [0.2, 0.25) is 0 Å². The Kier molecular flexibility index (Phi) is 6.24. The number of aliphatic hydroxyl groups is 1. The summed E-state index contributed by atoms with van der Waals surface area (Å²) in [6.45, 7) is 9.51. The number of likely N-dealkylation sites (tertiary alicyclic amines) is 1. The summed E-state index contributed by atoms with van der Waals surface area (Å²) in [5.74, 6) is 0.343. The molecule has 0 amide bonds. The summed E-state index contributed by atoms with van der Waals surface area (Å²) in [5.41, 5.74) is 3.59. The molecule has 0 aromatic heterocycles. The van der Waals surface area contributed by atoms with Gasteiger partial charge in [0.15, 0.2) is 0 Å². The largest absolute Gasteiger partial charge is 0.392 e. The third kappa shape index (κ3) is 4.75. The van der Waals surface area contributed by atoms with Crippen LogP contribution in [-0.2, 0) is 18.0 Å². The number of hydrogen-bond acceptors (Lipinski definition) is 3. The number of benzene rings is 3. The highest BCUT2D eigenvalue weighted by molar-refractivity contribution is 5.82. The first-order valence-corrected chi connectivity index (χ1v) is 11.0. The molecular formula is C27H33NO2. The number of nitrogens with zero attached hydrogens (tertiary/aromatic N) is 1. The second-order valence-corrected chi connectivity index (χ2v) is 9.45. The van der Waals surface area contributed by atoms with Crippen molar-refractivity contribution < 1.29 is 9.84 Å². The quantitative estimate of drug-likeness (QED) is 0.610. The van der Waals surface area contributed by atoms with Crippen molar-refractivity contribution in [2.45, 2.75) is 58.0 Å². The lowest BCUT2D eigenvalue weighted by Crippen LogP contribution is -2.52. The first-order valence-electron chi connectivity index (χ1n) is 11.0. The standard InChI is InChI=1S/C27H33NO2/c1-27(2,3)28-14-13-25(24-10-6-7-20(15-24)18-29)26(17-28)30-19-21-11-12-22-8-4-5-9-23(22)16-21/h4-12,15-16,25-26,29H,13-14,17-19H2,1-3H3. The summed E-state index contributed by atoms with van der Waals surface area (Å²) in [6.07, 6.45) is 1.19. The molecule has 0 bridgehead atoms. The monoisotopic (exact) mass is 403 g/mol. The van der Waals surface area contributed by atoms with E-state index in [-0.39, 0.29) is 18.2 Å². The maximum absolute atomic E-state index is 9.57. The van der Waals surface area contributed by atoms with Crippen LogP contribution in [0.1, 0.15) is 49.8 Å². The van der Waals surface area contributed by atoms with Crippen molar-refractivity contribution in [2.24, 2.45) is 0 Å². The average molecular weight is 404 g/mol. The number of fused-ring (bicyclic) bond motifs is 1. The van der Waals surface area contributed by atoms with Gasteiger partial charge in [0, 0.05) is 18.0 Å². The van der Waals surface area contributed by atoms with Gasteiger partial charge in [-0.1, -0.05) is 60.7 Å². The summed E-state index contributed by atoms with van der Waals surface area (Å²) < 4.78 is 6.58. The minimum absolute atomic E-state index is 0.0806. The SMILES string of the molecule is CC(C)(C)N1CCC(c2cccc(CO)c2)C(OCc2ccc3ccccc3c2)C1. The van der Waals surface area contributed by atoms with Crippen molar-refractivity contribution >= 4 is 10.8 Å². The molecule has 3 nitrogen and oxygen atoms in total. The Morgan fingerprint density at radius 2 is 1.73 bits per heavy atom. The fourth-order valence-corrected chi connectivity index (χ4v) is 4.53. The van der Waals surface area contributed by atoms with Gasteiger partial charge >= 0.3 is 0 Å². The molecule has 1 heterocycles. The van der Waals surface area contributed by atoms with E-state index < -0.39 is 0 Å². The third-order valence-electron chi connectivity index (χ3n) is 6.35. The molecule has 3 aromatic carbocycles. The molecule has 0 saturated carbocycles. The van der Waals surface area contributed by atoms with E-state index in [2.05, 4.69) is 86.3 Å². The van der Waals surface area contributed by atoms with Gasteiger partial charge in [-0.2, -0.15) is 0 Å². The predicted molar refractivity (Wildman–Crippen MR) is 124 cm³/mol. The zero-order chi connectivity index (χ0) is 21.1.